The van der Waals surface area contributed by atoms with Gasteiger partial charge in [-0.1, -0.05) is 37.0 Å². The molecule has 7 heteroatoms. The number of hydrogen-bond acceptors (Lipinski definition) is 3. The van der Waals surface area contributed by atoms with Crippen molar-refractivity contribution in [2.24, 2.45) is 0 Å². The van der Waals surface area contributed by atoms with Crippen molar-refractivity contribution in [3.05, 3.63) is 26.4 Å². The number of carboxylic acid groups (broad SMARTS) is 1. The van der Waals surface area contributed by atoms with E-state index in [0.717, 1.165) is 4.57 Å². The lowest BCUT2D eigenvalue weighted by molar-refractivity contribution is -0.140. The second-order valence-corrected chi connectivity index (χ2v) is 5.38. The van der Waals surface area contributed by atoms with E-state index >= 15 is 0 Å². The molecule has 0 bridgehead atoms. The van der Waals surface area contributed by atoms with Gasteiger partial charge in [0, 0.05) is 5.41 Å². The molecule has 1 atom stereocenters. The summed E-state index contributed by atoms with van der Waals surface area (Å²) in [6.45, 7) is 3.64. The summed E-state index contributed by atoms with van der Waals surface area (Å²) in [4.78, 5) is 26.8. The van der Waals surface area contributed by atoms with Gasteiger partial charge in [0.2, 0.25) is 0 Å². The van der Waals surface area contributed by atoms with E-state index < -0.39 is 23.0 Å². The Morgan fingerprint density at radius 3 is 2.59 bits per heavy atom. The number of halogens is 2. The predicted molar refractivity (Wildman–Crippen MR) is 62.8 cm³/mol. The van der Waals surface area contributed by atoms with Gasteiger partial charge in [-0.3, -0.25) is 9.36 Å². The summed E-state index contributed by atoms with van der Waals surface area (Å²) in [6, 6.07) is -0.939. The normalized spacial score (nSPS) is 21.3. The summed E-state index contributed by atoms with van der Waals surface area (Å²) < 4.78 is 1.14. The Hall–Kier alpha value is -1.07. The Labute approximate surface area is 107 Å². The Morgan fingerprint density at radius 2 is 2.06 bits per heavy atom. The Morgan fingerprint density at radius 1 is 1.47 bits per heavy atom. The van der Waals surface area contributed by atoms with E-state index in [1.807, 2.05) is 13.8 Å². The van der Waals surface area contributed by atoms with Crippen LogP contribution in [0.4, 0.5) is 0 Å². The number of hydrogen-bond donors (Lipinski definition) is 1. The maximum Gasteiger partial charge on any atom is 0.326 e. The van der Waals surface area contributed by atoms with Gasteiger partial charge in [-0.05, 0) is 6.42 Å². The lowest BCUT2D eigenvalue weighted by Gasteiger charge is -2.17. The first-order valence-corrected chi connectivity index (χ1v) is 5.72. The molecule has 0 saturated heterocycles. The lowest BCUT2D eigenvalue weighted by Crippen LogP contribution is -2.29. The van der Waals surface area contributed by atoms with Crippen LogP contribution in [0.1, 0.15) is 32.0 Å². The maximum absolute atomic E-state index is 11.9. The van der Waals surface area contributed by atoms with Gasteiger partial charge in [-0.2, -0.15) is 0 Å². The summed E-state index contributed by atoms with van der Waals surface area (Å²) in [6.07, 6.45) is 0.291. The van der Waals surface area contributed by atoms with Crippen molar-refractivity contribution in [1.82, 2.24) is 9.55 Å². The van der Waals surface area contributed by atoms with Crippen LogP contribution in [0.15, 0.2) is 4.79 Å². The van der Waals surface area contributed by atoms with E-state index in [1.54, 1.807) is 0 Å². The monoisotopic (exact) mass is 276 g/mol. The van der Waals surface area contributed by atoms with E-state index in [1.165, 1.54) is 0 Å². The highest BCUT2D eigenvalue weighted by molar-refractivity contribution is 6.32. The maximum atomic E-state index is 11.9. The van der Waals surface area contributed by atoms with Crippen molar-refractivity contribution in [1.29, 1.82) is 0 Å². The van der Waals surface area contributed by atoms with Crippen molar-refractivity contribution in [3.8, 4) is 0 Å². The van der Waals surface area contributed by atoms with Gasteiger partial charge in [0.15, 0.2) is 10.3 Å². The molecule has 0 unspecified atom stereocenters. The van der Waals surface area contributed by atoms with E-state index in [-0.39, 0.29) is 10.3 Å². The number of fused-ring (bicyclic) bond motifs is 1. The SMILES string of the molecule is CC1(C)C[C@@H](C(=O)O)n2c1c(Cl)nc(Cl)c2=O. The quantitative estimate of drug-likeness (QED) is 0.850. The third-order valence-electron chi connectivity index (χ3n) is 2.97. The van der Waals surface area contributed by atoms with Gasteiger partial charge in [-0.15, -0.1) is 0 Å². The van der Waals surface area contributed by atoms with Gasteiger partial charge in [0.05, 0.1) is 5.69 Å². The van der Waals surface area contributed by atoms with Crippen LogP contribution in [0.3, 0.4) is 0 Å². The molecule has 1 aromatic rings. The molecule has 2 heterocycles. The molecule has 0 aliphatic carbocycles. The Kier molecular flexibility index (Phi) is 2.71. The summed E-state index contributed by atoms with van der Waals surface area (Å²) in [7, 11) is 0. The van der Waals surface area contributed by atoms with E-state index in [0.29, 0.717) is 12.1 Å². The average molecular weight is 277 g/mol. The standard InChI is InChI=1S/C10H10Cl2N2O3/c1-10(2)3-4(9(16)17)14-5(10)6(11)13-7(12)8(14)15/h4H,3H2,1-2H3,(H,16,17)/t4-/m0/s1. The molecule has 1 aliphatic rings. The fourth-order valence-electron chi connectivity index (χ4n) is 2.26. The number of carbonyl (C=O) groups is 1. The smallest absolute Gasteiger partial charge is 0.326 e. The second-order valence-electron chi connectivity index (χ2n) is 4.66. The molecule has 1 aromatic heterocycles. The summed E-state index contributed by atoms with van der Waals surface area (Å²) in [5, 5.41) is 8.92. The number of nitrogens with zero attached hydrogens (tertiary/aromatic N) is 2. The molecule has 2 rings (SSSR count). The van der Waals surface area contributed by atoms with Crippen LogP contribution in [-0.2, 0) is 10.2 Å². The fraction of sp³-hybridized carbons (Fsp3) is 0.500. The molecule has 92 valence electrons. The zero-order valence-electron chi connectivity index (χ0n) is 9.20. The zero-order valence-corrected chi connectivity index (χ0v) is 10.7. The van der Waals surface area contributed by atoms with Crippen LogP contribution >= 0.6 is 23.2 Å². The number of aliphatic carboxylic acids is 1. The van der Waals surface area contributed by atoms with E-state index in [2.05, 4.69) is 4.98 Å². The van der Waals surface area contributed by atoms with Crippen LogP contribution in [0.25, 0.3) is 0 Å². The summed E-state index contributed by atoms with van der Waals surface area (Å²) in [5.41, 5.74) is -0.693. The van der Waals surface area contributed by atoms with Gasteiger partial charge in [0.25, 0.3) is 5.56 Å². The third-order valence-corrected chi connectivity index (χ3v) is 3.48. The Balaban J connectivity index is 2.83. The Bertz CT molecular complexity index is 565. The van der Waals surface area contributed by atoms with Crippen molar-refractivity contribution >= 4 is 29.2 Å². The summed E-state index contributed by atoms with van der Waals surface area (Å²) in [5.74, 6) is -1.07. The molecule has 0 fully saturated rings. The third kappa shape index (κ3) is 1.73. The molecule has 0 amide bonds. The number of aromatic nitrogens is 2. The molecule has 0 radical (unpaired) electrons. The van der Waals surface area contributed by atoms with Gasteiger partial charge in [-0.25, -0.2) is 9.78 Å². The first-order valence-electron chi connectivity index (χ1n) is 4.96. The first kappa shape index (κ1) is 12.4. The van der Waals surface area contributed by atoms with Crippen LogP contribution in [0.5, 0.6) is 0 Å². The minimum atomic E-state index is -1.07. The van der Waals surface area contributed by atoms with Gasteiger partial charge in [0.1, 0.15) is 6.04 Å². The van der Waals surface area contributed by atoms with Crippen LogP contribution in [0, 0.1) is 0 Å². The van der Waals surface area contributed by atoms with Crippen LogP contribution in [-0.4, -0.2) is 20.6 Å². The van der Waals surface area contributed by atoms with E-state index in [9.17, 15) is 9.59 Å². The molecule has 1 aliphatic heterocycles. The predicted octanol–water partition coefficient (Wildman–Crippen LogP) is 1.86. The van der Waals surface area contributed by atoms with Gasteiger partial charge >= 0.3 is 5.97 Å². The minimum Gasteiger partial charge on any atom is -0.480 e. The largest absolute Gasteiger partial charge is 0.480 e. The van der Waals surface area contributed by atoms with Crippen molar-refractivity contribution in [2.45, 2.75) is 31.7 Å². The molecular formula is C10H10Cl2N2O3. The minimum absolute atomic E-state index is 0.0864. The highest BCUT2D eigenvalue weighted by atomic mass is 35.5. The van der Waals surface area contributed by atoms with Crippen molar-refractivity contribution in [2.75, 3.05) is 0 Å². The highest BCUT2D eigenvalue weighted by Crippen LogP contribution is 2.42. The average Bonchev–Trinajstić information content (AvgIpc) is 2.47. The van der Waals surface area contributed by atoms with Crippen LogP contribution in [0.2, 0.25) is 10.3 Å². The number of rotatable bonds is 1. The topological polar surface area (TPSA) is 72.2 Å². The molecule has 1 N–H and O–H groups in total. The fourth-order valence-corrected chi connectivity index (χ4v) is 2.91. The van der Waals surface area contributed by atoms with Crippen molar-refractivity contribution < 1.29 is 9.90 Å². The lowest BCUT2D eigenvalue weighted by atomic mass is 9.87. The second kappa shape index (κ2) is 3.71. The van der Waals surface area contributed by atoms with Crippen LogP contribution < -0.4 is 5.56 Å². The molecule has 0 spiro atoms. The number of carboxylic acids is 1. The zero-order chi connectivity index (χ0) is 13.0. The first-order chi connectivity index (χ1) is 7.75. The molecule has 0 saturated carbocycles. The molecule has 0 aromatic carbocycles. The summed E-state index contributed by atoms with van der Waals surface area (Å²) >= 11 is 11.6. The van der Waals surface area contributed by atoms with Gasteiger partial charge < -0.3 is 5.11 Å². The van der Waals surface area contributed by atoms with Crippen molar-refractivity contribution in [3.63, 3.8) is 0 Å². The van der Waals surface area contributed by atoms with E-state index in [4.69, 9.17) is 28.3 Å². The molecule has 17 heavy (non-hydrogen) atoms. The molecular weight excluding hydrogens is 267 g/mol. The highest BCUT2D eigenvalue weighted by Gasteiger charge is 2.43. The molecule has 5 nitrogen and oxygen atoms in total.